The Morgan fingerprint density at radius 1 is 0.610 bits per heavy atom. The van der Waals surface area contributed by atoms with Gasteiger partial charge in [-0.1, -0.05) is 69.9 Å². The molecule has 0 aliphatic rings. The van der Waals surface area contributed by atoms with E-state index in [2.05, 4.69) is 84.9 Å². The fraction of sp³-hybridized carbons (Fsp3) is 0.526. The zero-order valence-electron chi connectivity index (χ0n) is 27.6. The summed E-state index contributed by atoms with van der Waals surface area (Å²) in [4.78, 5) is 0. The summed E-state index contributed by atoms with van der Waals surface area (Å²) in [5.41, 5.74) is 10.0. The van der Waals surface area contributed by atoms with Crippen molar-refractivity contribution in [1.29, 1.82) is 0 Å². The highest BCUT2D eigenvalue weighted by atomic mass is 16.5. The van der Waals surface area contributed by atoms with E-state index in [1.54, 1.807) is 0 Å². The lowest BCUT2D eigenvalue weighted by Gasteiger charge is -2.13. The van der Waals surface area contributed by atoms with Gasteiger partial charge in [0.25, 0.3) is 0 Å². The van der Waals surface area contributed by atoms with Crippen molar-refractivity contribution in [2.24, 2.45) is 0 Å². The first-order chi connectivity index (χ1) is 19.4. The molecule has 0 bridgehead atoms. The molecule has 0 fully saturated rings. The number of ether oxygens (including phenoxy) is 1. The van der Waals surface area contributed by atoms with E-state index in [4.69, 9.17) is 4.74 Å². The molecular weight excluding hydrogens is 504 g/mol. The van der Waals surface area contributed by atoms with Crippen LogP contribution in [0.15, 0.2) is 76.0 Å². The van der Waals surface area contributed by atoms with Gasteiger partial charge in [-0.2, -0.15) is 0 Å². The van der Waals surface area contributed by atoms with E-state index < -0.39 is 0 Å². The molecule has 3 nitrogen and oxygen atoms in total. The van der Waals surface area contributed by atoms with Crippen LogP contribution in [0, 0.1) is 6.92 Å². The van der Waals surface area contributed by atoms with Gasteiger partial charge in [-0.3, -0.25) is 0 Å². The predicted octanol–water partition coefficient (Wildman–Crippen LogP) is 11.6. The first-order valence-corrected chi connectivity index (χ1v) is 15.4. The smallest absolute Gasteiger partial charge is 0.164 e. The number of hydrogen-bond acceptors (Lipinski definition) is 3. The molecular formula is C38H58O3. The van der Waals surface area contributed by atoms with Crippen molar-refractivity contribution in [1.82, 2.24) is 0 Å². The van der Waals surface area contributed by atoms with Gasteiger partial charge in [0.05, 0.1) is 7.11 Å². The van der Waals surface area contributed by atoms with Crippen molar-refractivity contribution in [3.63, 3.8) is 0 Å². The van der Waals surface area contributed by atoms with Gasteiger partial charge < -0.3 is 14.9 Å². The number of allylic oxidation sites excluding steroid dienone is 12. The molecule has 0 radical (unpaired) electrons. The third kappa shape index (κ3) is 15.6. The molecule has 0 amide bonds. The van der Waals surface area contributed by atoms with Crippen LogP contribution in [0.25, 0.3) is 0 Å². The summed E-state index contributed by atoms with van der Waals surface area (Å²) >= 11 is 0. The van der Waals surface area contributed by atoms with Crippen LogP contribution < -0.4 is 4.74 Å². The summed E-state index contributed by atoms with van der Waals surface area (Å²) < 4.78 is 5.18. The minimum absolute atomic E-state index is 0.112. The van der Waals surface area contributed by atoms with E-state index in [1.807, 2.05) is 6.92 Å². The lowest BCUT2D eigenvalue weighted by atomic mass is 10.00. The zero-order valence-corrected chi connectivity index (χ0v) is 27.6. The number of rotatable bonds is 18. The number of methoxy groups -OCH3 is 1. The number of phenolic OH excluding ortho intramolecular Hbond substituents is 2. The fourth-order valence-electron chi connectivity index (χ4n) is 4.75. The number of benzene rings is 1. The van der Waals surface area contributed by atoms with Crippen molar-refractivity contribution in [2.75, 3.05) is 7.11 Å². The van der Waals surface area contributed by atoms with Gasteiger partial charge in [0.15, 0.2) is 11.5 Å². The Labute approximate surface area is 252 Å². The molecule has 1 rings (SSSR count). The first kappa shape index (κ1) is 36.1. The van der Waals surface area contributed by atoms with Crippen LogP contribution in [0.5, 0.6) is 17.2 Å². The lowest BCUT2D eigenvalue weighted by Crippen LogP contribution is -1.94. The second-order valence-corrected chi connectivity index (χ2v) is 12.0. The van der Waals surface area contributed by atoms with E-state index in [0.29, 0.717) is 23.3 Å². The Morgan fingerprint density at radius 2 is 0.976 bits per heavy atom. The third-order valence-corrected chi connectivity index (χ3v) is 7.72. The summed E-state index contributed by atoms with van der Waals surface area (Å²) in [5, 5.41) is 20.6. The van der Waals surface area contributed by atoms with Crippen LogP contribution in [0.3, 0.4) is 0 Å². The van der Waals surface area contributed by atoms with E-state index in [9.17, 15) is 10.2 Å². The molecule has 1 aromatic rings. The van der Waals surface area contributed by atoms with Gasteiger partial charge in [-0.05, 0) is 132 Å². The van der Waals surface area contributed by atoms with Crippen LogP contribution in [-0.4, -0.2) is 17.3 Å². The average Bonchev–Trinajstić information content (AvgIpc) is 2.90. The number of hydrogen-bond donors (Lipinski definition) is 2. The Bertz CT molecular complexity index is 1130. The maximum Gasteiger partial charge on any atom is 0.164 e. The number of aromatic hydroxyl groups is 2. The summed E-state index contributed by atoms with van der Waals surface area (Å²) in [6.07, 6.45) is 25.7. The second-order valence-electron chi connectivity index (χ2n) is 12.0. The monoisotopic (exact) mass is 562 g/mol. The summed E-state index contributed by atoms with van der Waals surface area (Å²) in [7, 11) is 1.50. The molecule has 2 N–H and O–H groups in total. The van der Waals surface area contributed by atoms with Gasteiger partial charge in [0.2, 0.25) is 0 Å². The van der Waals surface area contributed by atoms with Gasteiger partial charge in [-0.15, -0.1) is 0 Å². The van der Waals surface area contributed by atoms with E-state index >= 15 is 0 Å². The molecule has 1 aromatic carbocycles. The van der Waals surface area contributed by atoms with E-state index in [-0.39, 0.29) is 11.5 Å². The highest BCUT2D eigenvalue weighted by molar-refractivity contribution is 5.56. The highest BCUT2D eigenvalue weighted by Crippen LogP contribution is 2.38. The highest BCUT2D eigenvalue weighted by Gasteiger charge is 2.14. The van der Waals surface area contributed by atoms with Crippen LogP contribution in [-0.2, 0) is 6.42 Å². The van der Waals surface area contributed by atoms with Gasteiger partial charge in [0.1, 0.15) is 5.75 Å². The molecule has 0 aromatic heterocycles. The third-order valence-electron chi connectivity index (χ3n) is 7.72. The summed E-state index contributed by atoms with van der Waals surface area (Å²) in [6.45, 7) is 17.3. The van der Waals surface area contributed by atoms with Crippen molar-refractivity contribution in [3.8, 4) is 17.2 Å². The van der Waals surface area contributed by atoms with Crippen LogP contribution >= 0.6 is 0 Å². The lowest BCUT2D eigenvalue weighted by molar-refractivity contribution is 0.365. The molecule has 0 saturated carbocycles. The maximum absolute atomic E-state index is 10.4. The number of phenols is 2. The van der Waals surface area contributed by atoms with Gasteiger partial charge >= 0.3 is 0 Å². The van der Waals surface area contributed by atoms with Gasteiger partial charge in [0, 0.05) is 11.6 Å². The normalized spacial score (nSPS) is 13.5. The Balaban J connectivity index is 2.38. The Morgan fingerprint density at radius 3 is 1.34 bits per heavy atom. The predicted molar refractivity (Wildman–Crippen MR) is 179 cm³/mol. The molecule has 228 valence electrons. The average molecular weight is 563 g/mol. The maximum atomic E-state index is 10.4. The van der Waals surface area contributed by atoms with Gasteiger partial charge in [-0.25, -0.2) is 0 Å². The van der Waals surface area contributed by atoms with Crippen molar-refractivity contribution >= 4 is 0 Å². The molecule has 0 aliphatic heterocycles. The SMILES string of the molecule is COc1cc(O)c(C)c(C/C=C(/C)CC/C=C(\C)CC/C=C(\C)CC/C=C(\C)CC/C=C(/C)CCC=C(C)C)c1O. The van der Waals surface area contributed by atoms with Crippen LogP contribution in [0.4, 0.5) is 0 Å². The van der Waals surface area contributed by atoms with E-state index in [0.717, 1.165) is 57.8 Å². The Kier molecular flexibility index (Phi) is 17.6. The largest absolute Gasteiger partial charge is 0.508 e. The van der Waals surface area contributed by atoms with E-state index in [1.165, 1.54) is 53.0 Å². The fourth-order valence-corrected chi connectivity index (χ4v) is 4.75. The van der Waals surface area contributed by atoms with Crippen molar-refractivity contribution in [3.05, 3.63) is 87.1 Å². The zero-order chi connectivity index (χ0) is 30.8. The first-order valence-electron chi connectivity index (χ1n) is 15.4. The molecule has 41 heavy (non-hydrogen) atoms. The minimum Gasteiger partial charge on any atom is -0.508 e. The summed E-state index contributed by atoms with van der Waals surface area (Å²) in [5.74, 6) is 0.569. The molecule has 0 unspecified atom stereocenters. The summed E-state index contributed by atoms with van der Waals surface area (Å²) in [6, 6.07) is 1.46. The van der Waals surface area contributed by atoms with Crippen LogP contribution in [0.1, 0.15) is 124 Å². The topological polar surface area (TPSA) is 49.7 Å². The molecule has 0 heterocycles. The van der Waals surface area contributed by atoms with Crippen molar-refractivity contribution < 1.29 is 14.9 Å². The second kappa shape index (κ2) is 20.0. The van der Waals surface area contributed by atoms with Crippen molar-refractivity contribution in [2.45, 2.75) is 126 Å². The minimum atomic E-state index is 0.112. The molecule has 0 spiro atoms. The quantitative estimate of drug-likeness (QED) is 0.138. The van der Waals surface area contributed by atoms with Crippen LogP contribution in [0.2, 0.25) is 0 Å². The molecule has 3 heteroatoms. The molecule has 0 atom stereocenters. The Hall–Kier alpha value is -2.94. The molecule has 0 saturated heterocycles. The molecule has 0 aliphatic carbocycles. The standard InChI is InChI=1S/C38H58O3/c1-28(2)15-10-16-29(3)17-11-18-30(4)19-12-20-31(5)21-13-22-32(6)23-14-24-33(7)25-26-35-34(8)36(39)27-37(41-9)38(35)40/h15,17,19,21,23,25,27,39-40H,10-14,16,18,20,22,24,26H2,1-9H3/b29-17-,30-19+,31-21+,32-23+,33-25-.